The van der Waals surface area contributed by atoms with Gasteiger partial charge in [-0.25, -0.2) is 0 Å². The van der Waals surface area contributed by atoms with Crippen LogP contribution in [0.25, 0.3) is 0 Å². The Kier molecular flexibility index (Phi) is 5.29. The molecule has 0 spiro atoms. The molecule has 0 saturated carbocycles. The van der Waals surface area contributed by atoms with E-state index < -0.39 is 5.92 Å². The Balaban J connectivity index is 2.46. The molecule has 1 unspecified atom stereocenters. The summed E-state index contributed by atoms with van der Waals surface area (Å²) < 4.78 is 0.581. The molecule has 0 aromatic heterocycles. The first kappa shape index (κ1) is 16.3. The van der Waals surface area contributed by atoms with Gasteiger partial charge in [0.1, 0.15) is 5.92 Å². The number of hydrogen-bond donors (Lipinski definition) is 0. The van der Waals surface area contributed by atoms with Crippen LogP contribution in [0.2, 0.25) is 15.1 Å². The molecule has 2 aromatic rings. The molecule has 0 heterocycles. The van der Waals surface area contributed by atoms with Crippen molar-refractivity contribution in [1.29, 1.82) is 5.26 Å². The molecule has 2 nitrogen and oxygen atoms in total. The van der Waals surface area contributed by atoms with E-state index in [1.165, 1.54) is 12.1 Å². The minimum atomic E-state index is -0.977. The van der Waals surface area contributed by atoms with Crippen LogP contribution in [0, 0.1) is 11.3 Å². The second-order valence-corrected chi connectivity index (χ2v) is 6.33. The van der Waals surface area contributed by atoms with E-state index in [4.69, 9.17) is 34.8 Å². The second kappa shape index (κ2) is 6.81. The Labute approximate surface area is 145 Å². The second-order valence-electron chi connectivity index (χ2n) is 4.22. The molecule has 0 N–H and O–H groups in total. The van der Waals surface area contributed by atoms with Gasteiger partial charge in [0.25, 0.3) is 0 Å². The SMILES string of the molecule is N#CC(C(=O)c1cc(Cl)ccc1Br)c1ccc(Cl)c(Cl)c1. The lowest BCUT2D eigenvalue weighted by Crippen LogP contribution is -2.12. The molecule has 6 heteroatoms. The third-order valence-electron chi connectivity index (χ3n) is 2.86. The van der Waals surface area contributed by atoms with Crippen LogP contribution >= 0.6 is 50.7 Å². The zero-order valence-corrected chi connectivity index (χ0v) is 14.3. The van der Waals surface area contributed by atoms with Crippen LogP contribution in [0.4, 0.5) is 0 Å². The van der Waals surface area contributed by atoms with Crippen molar-refractivity contribution in [1.82, 2.24) is 0 Å². The molecule has 1 atom stereocenters. The maximum absolute atomic E-state index is 12.6. The summed E-state index contributed by atoms with van der Waals surface area (Å²) in [6.45, 7) is 0. The summed E-state index contributed by atoms with van der Waals surface area (Å²) in [4.78, 5) is 12.6. The van der Waals surface area contributed by atoms with Crippen LogP contribution in [-0.2, 0) is 0 Å². The highest BCUT2D eigenvalue weighted by Gasteiger charge is 2.24. The summed E-state index contributed by atoms with van der Waals surface area (Å²) in [5.41, 5.74) is 0.837. The zero-order chi connectivity index (χ0) is 15.6. The number of benzene rings is 2. The van der Waals surface area contributed by atoms with Crippen molar-refractivity contribution in [3.8, 4) is 6.07 Å². The van der Waals surface area contributed by atoms with Crippen LogP contribution < -0.4 is 0 Å². The van der Waals surface area contributed by atoms with Crippen molar-refractivity contribution in [2.45, 2.75) is 5.92 Å². The van der Waals surface area contributed by atoms with E-state index in [0.717, 1.165) is 0 Å². The predicted molar refractivity (Wildman–Crippen MR) is 88.3 cm³/mol. The normalized spacial score (nSPS) is 11.8. The van der Waals surface area contributed by atoms with Crippen LogP contribution in [0.1, 0.15) is 21.8 Å². The van der Waals surface area contributed by atoms with Gasteiger partial charge in [0.2, 0.25) is 0 Å². The Morgan fingerprint density at radius 3 is 2.43 bits per heavy atom. The number of nitriles is 1. The first-order valence-electron chi connectivity index (χ1n) is 5.78. The van der Waals surface area contributed by atoms with Gasteiger partial charge in [0.15, 0.2) is 5.78 Å². The summed E-state index contributed by atoms with van der Waals surface area (Å²) in [6, 6.07) is 11.5. The van der Waals surface area contributed by atoms with E-state index in [0.29, 0.717) is 30.7 Å². The highest BCUT2D eigenvalue weighted by Crippen LogP contribution is 2.30. The standard InChI is InChI=1S/C15H7BrCl3NO/c16-12-3-2-9(17)6-10(12)15(21)11(7-20)8-1-4-13(18)14(19)5-8/h1-6,11H. The van der Waals surface area contributed by atoms with Crippen molar-refractivity contribution < 1.29 is 4.79 Å². The molecule has 0 saturated heterocycles. The Hall–Kier alpha value is -1.05. The number of nitrogens with zero attached hydrogens (tertiary/aromatic N) is 1. The third-order valence-corrected chi connectivity index (χ3v) is 4.53. The highest BCUT2D eigenvalue weighted by molar-refractivity contribution is 9.10. The van der Waals surface area contributed by atoms with Gasteiger partial charge in [0.05, 0.1) is 16.1 Å². The predicted octanol–water partition coefficient (Wildman–Crippen LogP) is 5.90. The topological polar surface area (TPSA) is 40.9 Å². The number of ketones is 1. The first-order chi connectivity index (χ1) is 9.93. The summed E-state index contributed by atoms with van der Waals surface area (Å²) in [6.07, 6.45) is 0. The lowest BCUT2D eigenvalue weighted by atomic mass is 9.92. The van der Waals surface area contributed by atoms with Crippen LogP contribution in [-0.4, -0.2) is 5.78 Å². The van der Waals surface area contributed by atoms with E-state index in [-0.39, 0.29) is 5.78 Å². The fourth-order valence-electron chi connectivity index (χ4n) is 1.82. The van der Waals surface area contributed by atoms with Crippen molar-refractivity contribution >= 4 is 56.5 Å². The van der Waals surface area contributed by atoms with Crippen LogP contribution in [0.15, 0.2) is 40.9 Å². The fourth-order valence-corrected chi connectivity index (χ4v) is 2.74. The third kappa shape index (κ3) is 3.59. The Morgan fingerprint density at radius 2 is 1.81 bits per heavy atom. The molecule has 21 heavy (non-hydrogen) atoms. The highest BCUT2D eigenvalue weighted by atomic mass is 79.9. The monoisotopic (exact) mass is 401 g/mol. The molecular weight excluding hydrogens is 396 g/mol. The number of Topliss-reactive ketones (excluding diaryl/α,β-unsaturated/α-hetero) is 1. The van der Waals surface area contributed by atoms with Gasteiger partial charge >= 0.3 is 0 Å². The lowest BCUT2D eigenvalue weighted by Gasteiger charge is -2.11. The van der Waals surface area contributed by atoms with Crippen LogP contribution in [0.5, 0.6) is 0 Å². The lowest BCUT2D eigenvalue weighted by molar-refractivity contribution is 0.0978. The number of rotatable bonds is 3. The van der Waals surface area contributed by atoms with E-state index in [2.05, 4.69) is 15.9 Å². The maximum Gasteiger partial charge on any atom is 0.185 e. The van der Waals surface area contributed by atoms with Crippen LogP contribution in [0.3, 0.4) is 0 Å². The van der Waals surface area contributed by atoms with E-state index in [9.17, 15) is 10.1 Å². The van der Waals surface area contributed by atoms with Gasteiger partial charge in [-0.2, -0.15) is 5.26 Å². The average Bonchev–Trinajstić information content (AvgIpc) is 2.46. The molecule has 0 amide bonds. The number of halogens is 4. The van der Waals surface area contributed by atoms with E-state index in [1.54, 1.807) is 24.3 Å². The van der Waals surface area contributed by atoms with E-state index >= 15 is 0 Å². The average molecular weight is 403 g/mol. The molecule has 0 radical (unpaired) electrons. The molecule has 0 fully saturated rings. The molecule has 0 aliphatic carbocycles. The molecule has 2 rings (SSSR count). The smallest absolute Gasteiger partial charge is 0.185 e. The Morgan fingerprint density at radius 1 is 1.10 bits per heavy atom. The summed E-state index contributed by atoms with van der Waals surface area (Å²) in [5.74, 6) is -1.33. The van der Waals surface area contributed by atoms with Gasteiger partial charge in [-0.15, -0.1) is 0 Å². The van der Waals surface area contributed by atoms with Crippen molar-refractivity contribution in [3.63, 3.8) is 0 Å². The fraction of sp³-hybridized carbons (Fsp3) is 0.0667. The van der Waals surface area contributed by atoms with Gasteiger partial charge in [-0.3, -0.25) is 4.79 Å². The van der Waals surface area contributed by atoms with E-state index in [1.807, 2.05) is 6.07 Å². The minimum Gasteiger partial charge on any atom is -0.292 e. The first-order valence-corrected chi connectivity index (χ1v) is 7.70. The number of carbonyl (C=O) groups excluding carboxylic acids is 1. The molecule has 106 valence electrons. The minimum absolute atomic E-state index is 0.298. The molecular formula is C15H7BrCl3NO. The zero-order valence-electron chi connectivity index (χ0n) is 10.4. The van der Waals surface area contributed by atoms with Gasteiger partial charge in [-0.05, 0) is 35.9 Å². The van der Waals surface area contributed by atoms with Crippen molar-refractivity contribution in [2.24, 2.45) is 0 Å². The number of carbonyl (C=O) groups is 1. The molecule has 2 aromatic carbocycles. The number of hydrogen-bond acceptors (Lipinski definition) is 2. The van der Waals surface area contributed by atoms with Gasteiger partial charge in [0, 0.05) is 15.1 Å². The quantitative estimate of drug-likeness (QED) is 0.599. The largest absolute Gasteiger partial charge is 0.292 e. The van der Waals surface area contributed by atoms with Gasteiger partial charge < -0.3 is 0 Å². The summed E-state index contributed by atoms with van der Waals surface area (Å²) in [7, 11) is 0. The maximum atomic E-state index is 12.6. The summed E-state index contributed by atoms with van der Waals surface area (Å²) >= 11 is 21.0. The molecule has 0 bridgehead atoms. The summed E-state index contributed by atoms with van der Waals surface area (Å²) in [5, 5.41) is 10.4. The van der Waals surface area contributed by atoms with Gasteiger partial charge in [-0.1, -0.05) is 56.8 Å². The molecule has 0 aliphatic heterocycles. The van der Waals surface area contributed by atoms with Crippen molar-refractivity contribution in [3.05, 3.63) is 67.1 Å². The molecule has 0 aliphatic rings. The Bertz CT molecular complexity index is 755. The van der Waals surface area contributed by atoms with Crippen molar-refractivity contribution in [2.75, 3.05) is 0 Å².